The lowest BCUT2D eigenvalue weighted by Gasteiger charge is -2.19. The van der Waals surface area contributed by atoms with Gasteiger partial charge in [0.25, 0.3) is 5.91 Å². The molecule has 1 aromatic carbocycles. The van der Waals surface area contributed by atoms with Gasteiger partial charge in [0.1, 0.15) is 0 Å². The molecular weight excluding hydrogens is 204 g/mol. The number of nitrogens with one attached hydrogen (secondary N) is 1. The molecule has 1 heterocycles. The molecule has 1 aromatic rings. The van der Waals surface area contributed by atoms with Gasteiger partial charge in [-0.25, -0.2) is 0 Å². The van der Waals surface area contributed by atoms with E-state index in [-0.39, 0.29) is 11.8 Å². The second kappa shape index (κ2) is 4.79. The van der Waals surface area contributed by atoms with Gasteiger partial charge >= 0.3 is 0 Å². The van der Waals surface area contributed by atoms with Gasteiger partial charge in [0, 0.05) is 31.6 Å². The smallest absolute Gasteiger partial charge is 0.253 e. The van der Waals surface area contributed by atoms with Gasteiger partial charge in [0.05, 0.1) is 0 Å². The average molecular weight is 218 g/mol. The van der Waals surface area contributed by atoms with Crippen molar-refractivity contribution in [2.75, 3.05) is 19.6 Å². The zero-order valence-electron chi connectivity index (χ0n) is 8.98. The predicted molar refractivity (Wildman–Crippen MR) is 60.0 cm³/mol. The van der Waals surface area contributed by atoms with E-state index in [4.69, 9.17) is 0 Å². The third-order valence-corrected chi connectivity index (χ3v) is 2.62. The van der Waals surface area contributed by atoms with Crippen molar-refractivity contribution in [3.8, 4) is 0 Å². The van der Waals surface area contributed by atoms with E-state index >= 15 is 0 Å². The minimum absolute atomic E-state index is 0.00269. The molecule has 0 bridgehead atoms. The second-order valence-electron chi connectivity index (χ2n) is 3.76. The van der Waals surface area contributed by atoms with Gasteiger partial charge in [0.2, 0.25) is 5.91 Å². The molecule has 0 spiro atoms. The van der Waals surface area contributed by atoms with Crippen molar-refractivity contribution in [3.05, 3.63) is 35.9 Å². The Labute approximate surface area is 94.2 Å². The fourth-order valence-electron chi connectivity index (χ4n) is 1.73. The highest BCUT2D eigenvalue weighted by Crippen LogP contribution is 2.06. The molecule has 0 atom stereocenters. The van der Waals surface area contributed by atoms with E-state index in [0.717, 1.165) is 0 Å². The summed E-state index contributed by atoms with van der Waals surface area (Å²) >= 11 is 0. The van der Waals surface area contributed by atoms with Crippen molar-refractivity contribution in [2.24, 2.45) is 0 Å². The maximum absolute atomic E-state index is 12.0. The molecule has 2 rings (SSSR count). The lowest BCUT2D eigenvalue weighted by Crippen LogP contribution is -2.34. The molecule has 0 aromatic heterocycles. The van der Waals surface area contributed by atoms with Gasteiger partial charge < -0.3 is 10.2 Å². The first-order chi connectivity index (χ1) is 7.77. The number of amides is 2. The van der Waals surface area contributed by atoms with Crippen molar-refractivity contribution in [1.29, 1.82) is 0 Å². The van der Waals surface area contributed by atoms with Crippen LogP contribution in [0.25, 0.3) is 0 Å². The van der Waals surface area contributed by atoms with Crippen molar-refractivity contribution in [1.82, 2.24) is 10.2 Å². The van der Waals surface area contributed by atoms with E-state index in [1.54, 1.807) is 17.0 Å². The van der Waals surface area contributed by atoms with Crippen molar-refractivity contribution in [3.63, 3.8) is 0 Å². The zero-order chi connectivity index (χ0) is 11.4. The van der Waals surface area contributed by atoms with Crippen molar-refractivity contribution >= 4 is 11.8 Å². The van der Waals surface area contributed by atoms with Gasteiger partial charge in [-0.05, 0) is 12.1 Å². The SMILES string of the molecule is O=C1CCN(C(=O)c2ccccc2)CCN1. The van der Waals surface area contributed by atoms with Crippen LogP contribution in [-0.2, 0) is 4.79 Å². The molecule has 1 N–H and O–H groups in total. The Hall–Kier alpha value is -1.84. The first-order valence-electron chi connectivity index (χ1n) is 5.38. The summed E-state index contributed by atoms with van der Waals surface area (Å²) in [5.41, 5.74) is 0.678. The maximum Gasteiger partial charge on any atom is 0.253 e. The van der Waals surface area contributed by atoms with Crippen LogP contribution in [0.2, 0.25) is 0 Å². The van der Waals surface area contributed by atoms with Crippen LogP contribution in [0.5, 0.6) is 0 Å². The van der Waals surface area contributed by atoms with E-state index in [9.17, 15) is 9.59 Å². The van der Waals surface area contributed by atoms with Gasteiger partial charge in [-0.2, -0.15) is 0 Å². The van der Waals surface area contributed by atoms with E-state index in [1.807, 2.05) is 18.2 Å². The Morgan fingerprint density at radius 2 is 1.94 bits per heavy atom. The molecule has 1 aliphatic heterocycles. The van der Waals surface area contributed by atoms with Crippen LogP contribution in [0.3, 0.4) is 0 Å². The summed E-state index contributed by atoms with van der Waals surface area (Å²) in [6, 6.07) is 9.15. The number of benzene rings is 1. The summed E-state index contributed by atoms with van der Waals surface area (Å²) in [7, 11) is 0. The van der Waals surface area contributed by atoms with Crippen molar-refractivity contribution < 1.29 is 9.59 Å². The Bertz CT molecular complexity index is 389. The normalized spacial score (nSPS) is 16.5. The van der Waals surface area contributed by atoms with E-state index in [0.29, 0.717) is 31.6 Å². The summed E-state index contributed by atoms with van der Waals surface area (Å²) in [5, 5.41) is 2.75. The molecule has 84 valence electrons. The lowest BCUT2D eigenvalue weighted by atomic mass is 10.2. The summed E-state index contributed by atoms with van der Waals surface area (Å²) in [5.74, 6) is 0.0143. The molecular formula is C12H14N2O2. The van der Waals surface area contributed by atoms with E-state index in [1.165, 1.54) is 0 Å². The molecule has 0 saturated carbocycles. The number of hydrogen-bond acceptors (Lipinski definition) is 2. The summed E-state index contributed by atoms with van der Waals surface area (Å²) < 4.78 is 0. The average Bonchev–Trinajstić information content (AvgIpc) is 2.54. The van der Waals surface area contributed by atoms with Crippen LogP contribution in [0.4, 0.5) is 0 Å². The van der Waals surface area contributed by atoms with Crippen LogP contribution >= 0.6 is 0 Å². The number of hydrogen-bond donors (Lipinski definition) is 1. The summed E-state index contributed by atoms with van der Waals surface area (Å²) in [6.45, 7) is 1.62. The first kappa shape index (κ1) is 10.7. The summed E-state index contributed by atoms with van der Waals surface area (Å²) in [4.78, 5) is 24.9. The molecule has 0 unspecified atom stereocenters. The molecule has 0 aliphatic carbocycles. The quantitative estimate of drug-likeness (QED) is 0.752. The van der Waals surface area contributed by atoms with Gasteiger partial charge in [0.15, 0.2) is 0 Å². The van der Waals surface area contributed by atoms with Crippen LogP contribution in [0, 0.1) is 0 Å². The molecule has 1 fully saturated rings. The van der Waals surface area contributed by atoms with Crippen LogP contribution in [0.1, 0.15) is 16.8 Å². The van der Waals surface area contributed by atoms with E-state index in [2.05, 4.69) is 5.32 Å². The molecule has 2 amide bonds. The highest BCUT2D eigenvalue weighted by atomic mass is 16.2. The van der Waals surface area contributed by atoms with Crippen LogP contribution < -0.4 is 5.32 Å². The van der Waals surface area contributed by atoms with Gasteiger partial charge in [-0.15, -0.1) is 0 Å². The highest BCUT2D eigenvalue weighted by Gasteiger charge is 2.19. The monoisotopic (exact) mass is 218 g/mol. The Morgan fingerprint density at radius 3 is 2.69 bits per heavy atom. The van der Waals surface area contributed by atoms with Gasteiger partial charge in [-0.1, -0.05) is 18.2 Å². The third-order valence-electron chi connectivity index (χ3n) is 2.62. The van der Waals surface area contributed by atoms with Crippen LogP contribution in [-0.4, -0.2) is 36.3 Å². The van der Waals surface area contributed by atoms with Crippen LogP contribution in [0.15, 0.2) is 30.3 Å². The number of rotatable bonds is 1. The zero-order valence-corrected chi connectivity index (χ0v) is 8.98. The predicted octanol–water partition coefficient (Wildman–Crippen LogP) is 0.649. The third kappa shape index (κ3) is 2.39. The Kier molecular flexibility index (Phi) is 3.19. The largest absolute Gasteiger partial charge is 0.354 e. The van der Waals surface area contributed by atoms with Gasteiger partial charge in [-0.3, -0.25) is 9.59 Å². The first-order valence-corrected chi connectivity index (χ1v) is 5.38. The fraction of sp³-hybridized carbons (Fsp3) is 0.333. The Morgan fingerprint density at radius 1 is 1.19 bits per heavy atom. The minimum Gasteiger partial charge on any atom is -0.354 e. The number of carbonyl (C=O) groups is 2. The minimum atomic E-state index is -0.00269. The highest BCUT2D eigenvalue weighted by molar-refractivity contribution is 5.94. The van der Waals surface area contributed by atoms with Crippen molar-refractivity contribution in [2.45, 2.75) is 6.42 Å². The number of nitrogens with zero attached hydrogens (tertiary/aromatic N) is 1. The standard InChI is InChI=1S/C12H14N2O2/c15-11-6-8-14(9-7-13-11)12(16)10-4-2-1-3-5-10/h1-5H,6-9H2,(H,13,15). The summed E-state index contributed by atoms with van der Waals surface area (Å²) in [6.07, 6.45) is 0.387. The Balaban J connectivity index is 2.07. The molecule has 1 aliphatic rings. The maximum atomic E-state index is 12.0. The number of carbonyl (C=O) groups excluding carboxylic acids is 2. The molecule has 16 heavy (non-hydrogen) atoms. The molecule has 4 heteroatoms. The van der Waals surface area contributed by atoms with E-state index < -0.39 is 0 Å². The molecule has 1 saturated heterocycles. The lowest BCUT2D eigenvalue weighted by molar-refractivity contribution is -0.120. The topological polar surface area (TPSA) is 49.4 Å². The fourth-order valence-corrected chi connectivity index (χ4v) is 1.73. The second-order valence-corrected chi connectivity index (χ2v) is 3.76. The molecule has 4 nitrogen and oxygen atoms in total. The molecule has 0 radical (unpaired) electrons.